The maximum atomic E-state index is 14.5. The summed E-state index contributed by atoms with van der Waals surface area (Å²) in [6.07, 6.45) is 1.62. The number of fused-ring (bicyclic) bond motifs is 1. The van der Waals surface area contributed by atoms with Crippen LogP contribution in [0.4, 0.5) is 0 Å². The molecule has 1 aromatic heterocycles. The molecule has 1 aliphatic heterocycles. The molecule has 2 heterocycles. The molecule has 0 radical (unpaired) electrons. The van der Waals surface area contributed by atoms with Gasteiger partial charge in [0.05, 0.1) is 70.9 Å². The predicted octanol–water partition coefficient (Wildman–Crippen LogP) is 2.75. The molecule has 3 N–H and O–H groups in total. The van der Waals surface area contributed by atoms with Crippen molar-refractivity contribution in [2.24, 2.45) is 5.73 Å². The summed E-state index contributed by atoms with van der Waals surface area (Å²) in [5.41, 5.74) is 7.97. The van der Waals surface area contributed by atoms with E-state index in [0.717, 1.165) is 16.9 Å². The zero-order valence-electron chi connectivity index (χ0n) is 29.3. The number of nitrogens with zero attached hydrogens (tertiary/aromatic N) is 1. The number of nitrogens with two attached hydrogens (primary N) is 1. The Kier molecular flexibility index (Phi) is 11.2. The smallest absolute Gasteiger partial charge is 0.338 e. The Morgan fingerprint density at radius 3 is 1.88 bits per heavy atom. The number of hydrogen-bond donors (Lipinski definition) is 2. The standard InChI is InChI=1S/C37H39N3O10S/c1-8-50-37(43)29-28(22-17-25(46-4)32(49-7)26(18-22)47-5)30(34(41)39-19-20-12-10-9-11-13-20)36-40(33(29)38)35(42)27(51-36)16-21-14-23(44-2)31(48-6)24(15-21)45-3/h9-18,28H,8,19,38H2,1-7H3,(H,39,41)/b27-16+. The third-order valence-corrected chi connectivity index (χ3v) is 9.30. The highest BCUT2D eigenvalue weighted by Crippen LogP contribution is 2.45. The first-order valence-corrected chi connectivity index (χ1v) is 16.5. The van der Waals surface area contributed by atoms with Crippen molar-refractivity contribution in [3.8, 4) is 34.5 Å². The summed E-state index contributed by atoms with van der Waals surface area (Å²) in [6.45, 7) is 1.83. The highest BCUT2D eigenvalue weighted by Gasteiger charge is 2.40. The second-order valence-electron chi connectivity index (χ2n) is 11.0. The van der Waals surface area contributed by atoms with E-state index in [1.807, 2.05) is 30.3 Å². The van der Waals surface area contributed by atoms with E-state index in [-0.39, 0.29) is 50.8 Å². The summed E-state index contributed by atoms with van der Waals surface area (Å²) in [6, 6.07) is 16.0. The molecule has 1 amide bonds. The third kappa shape index (κ3) is 6.95. The number of aromatic nitrogens is 1. The van der Waals surface area contributed by atoms with Crippen LogP contribution in [0.5, 0.6) is 34.5 Å². The lowest BCUT2D eigenvalue weighted by atomic mass is 9.82. The SMILES string of the molecule is CCOC(=O)C1=C(N)n2c(s/c(=C/c3cc(OC)c(OC)c(OC)c3)c2=O)=C(C(=O)NCc2ccccc2)C1c1cc(OC)c(OC)c(OC)c1. The second-order valence-corrected chi connectivity index (χ2v) is 12.0. The summed E-state index contributed by atoms with van der Waals surface area (Å²) in [7, 11) is 8.84. The van der Waals surface area contributed by atoms with Gasteiger partial charge in [0.25, 0.3) is 11.5 Å². The van der Waals surface area contributed by atoms with E-state index in [0.29, 0.717) is 34.1 Å². The van der Waals surface area contributed by atoms with Crippen molar-refractivity contribution in [1.29, 1.82) is 0 Å². The van der Waals surface area contributed by atoms with Crippen LogP contribution in [-0.2, 0) is 20.9 Å². The summed E-state index contributed by atoms with van der Waals surface area (Å²) in [4.78, 5) is 42.6. The molecule has 0 saturated carbocycles. The number of ether oxygens (including phenoxy) is 7. The number of carbonyl (C=O) groups excluding carboxylic acids is 2. The lowest BCUT2D eigenvalue weighted by molar-refractivity contribution is -0.138. The molecule has 1 unspecified atom stereocenters. The number of amides is 1. The summed E-state index contributed by atoms with van der Waals surface area (Å²) in [5, 5.41) is 2.97. The first-order chi connectivity index (χ1) is 24.6. The largest absolute Gasteiger partial charge is 0.493 e. The monoisotopic (exact) mass is 717 g/mol. The van der Waals surface area contributed by atoms with Crippen molar-refractivity contribution in [1.82, 2.24) is 9.88 Å². The van der Waals surface area contributed by atoms with Gasteiger partial charge >= 0.3 is 5.97 Å². The summed E-state index contributed by atoms with van der Waals surface area (Å²) < 4.78 is 40.3. The lowest BCUT2D eigenvalue weighted by Gasteiger charge is -2.28. The molecule has 51 heavy (non-hydrogen) atoms. The van der Waals surface area contributed by atoms with Gasteiger partial charge in [-0.2, -0.15) is 0 Å². The van der Waals surface area contributed by atoms with Gasteiger partial charge in [-0.25, -0.2) is 4.79 Å². The fraction of sp³-hybridized carbons (Fsp3) is 0.270. The fourth-order valence-electron chi connectivity index (χ4n) is 5.89. The number of nitrogens with one attached hydrogen (secondary N) is 1. The van der Waals surface area contributed by atoms with E-state index in [4.69, 9.17) is 38.9 Å². The van der Waals surface area contributed by atoms with Gasteiger partial charge in [-0.3, -0.25) is 14.2 Å². The zero-order valence-corrected chi connectivity index (χ0v) is 30.1. The van der Waals surface area contributed by atoms with E-state index < -0.39 is 23.4 Å². The van der Waals surface area contributed by atoms with Crippen LogP contribution < -0.4 is 54.2 Å². The number of benzene rings is 3. The molecule has 1 aliphatic rings. The van der Waals surface area contributed by atoms with Gasteiger partial charge in [-0.15, -0.1) is 11.3 Å². The van der Waals surface area contributed by atoms with E-state index in [1.165, 1.54) is 47.2 Å². The van der Waals surface area contributed by atoms with Crippen molar-refractivity contribution in [3.05, 3.63) is 96.4 Å². The maximum Gasteiger partial charge on any atom is 0.338 e. The number of carbonyl (C=O) groups is 2. The molecular weight excluding hydrogens is 678 g/mol. The number of esters is 1. The lowest BCUT2D eigenvalue weighted by Crippen LogP contribution is -2.43. The van der Waals surface area contributed by atoms with E-state index >= 15 is 0 Å². The van der Waals surface area contributed by atoms with Crippen molar-refractivity contribution >= 4 is 40.7 Å². The number of rotatable bonds is 13. The Morgan fingerprint density at radius 2 is 1.37 bits per heavy atom. The Labute approximate surface area is 298 Å². The molecule has 4 aromatic rings. The van der Waals surface area contributed by atoms with Gasteiger partial charge in [0.1, 0.15) is 10.5 Å². The maximum absolute atomic E-state index is 14.5. The minimum absolute atomic E-state index is 0.0126. The summed E-state index contributed by atoms with van der Waals surface area (Å²) >= 11 is 1.04. The topological polar surface area (TPSA) is 159 Å². The van der Waals surface area contributed by atoms with E-state index in [2.05, 4.69) is 5.32 Å². The van der Waals surface area contributed by atoms with Crippen LogP contribution in [0.3, 0.4) is 0 Å². The van der Waals surface area contributed by atoms with Gasteiger partial charge in [0, 0.05) is 6.54 Å². The van der Waals surface area contributed by atoms with Crippen LogP contribution in [0.25, 0.3) is 17.5 Å². The molecule has 0 aliphatic carbocycles. The van der Waals surface area contributed by atoms with Crippen molar-refractivity contribution in [2.45, 2.75) is 19.4 Å². The van der Waals surface area contributed by atoms with E-state index in [1.54, 1.807) is 37.3 Å². The molecular formula is C37H39N3O10S. The fourth-order valence-corrected chi connectivity index (χ4v) is 7.06. The molecule has 0 bridgehead atoms. The van der Waals surface area contributed by atoms with Gasteiger partial charge in [0.2, 0.25) is 11.5 Å². The average Bonchev–Trinajstić information content (AvgIpc) is 3.47. The zero-order chi connectivity index (χ0) is 36.8. The van der Waals surface area contributed by atoms with Crippen LogP contribution in [-0.4, -0.2) is 65.7 Å². The summed E-state index contributed by atoms with van der Waals surface area (Å²) in [5.74, 6) is -0.655. The van der Waals surface area contributed by atoms with Crippen molar-refractivity contribution in [2.75, 3.05) is 49.3 Å². The molecule has 0 saturated heterocycles. The molecule has 1 atom stereocenters. The van der Waals surface area contributed by atoms with Crippen LogP contribution in [0.1, 0.15) is 29.5 Å². The quantitative estimate of drug-likeness (QED) is 0.196. The highest BCUT2D eigenvalue weighted by atomic mass is 32.1. The van der Waals surface area contributed by atoms with Crippen LogP contribution in [0.15, 0.2) is 65.0 Å². The van der Waals surface area contributed by atoms with Crippen LogP contribution in [0.2, 0.25) is 0 Å². The molecule has 14 heteroatoms. The average molecular weight is 718 g/mol. The van der Waals surface area contributed by atoms with Gasteiger partial charge in [0.15, 0.2) is 23.0 Å². The van der Waals surface area contributed by atoms with Crippen molar-refractivity contribution < 1.29 is 42.7 Å². The highest BCUT2D eigenvalue weighted by molar-refractivity contribution is 7.07. The number of hydrogen-bond acceptors (Lipinski definition) is 12. The van der Waals surface area contributed by atoms with Crippen molar-refractivity contribution in [3.63, 3.8) is 0 Å². The Hall–Kier alpha value is -5.89. The Bertz CT molecular complexity index is 2120. The minimum atomic E-state index is -1.12. The second kappa shape index (κ2) is 15.8. The Morgan fingerprint density at radius 1 is 0.824 bits per heavy atom. The van der Waals surface area contributed by atoms with Crippen LogP contribution in [0, 0.1) is 0 Å². The molecule has 268 valence electrons. The molecule has 3 aromatic carbocycles. The van der Waals surface area contributed by atoms with Gasteiger partial charge in [-0.05, 0) is 54.0 Å². The van der Waals surface area contributed by atoms with Crippen LogP contribution >= 0.6 is 11.3 Å². The molecule has 0 fully saturated rings. The minimum Gasteiger partial charge on any atom is -0.493 e. The molecule has 0 spiro atoms. The third-order valence-electron chi connectivity index (χ3n) is 8.19. The number of thiazole rings is 1. The first-order valence-electron chi connectivity index (χ1n) is 15.7. The Balaban J connectivity index is 1.86. The normalized spacial score (nSPS) is 14.1. The van der Waals surface area contributed by atoms with Gasteiger partial charge < -0.3 is 44.2 Å². The van der Waals surface area contributed by atoms with E-state index in [9.17, 15) is 14.4 Å². The van der Waals surface area contributed by atoms with Gasteiger partial charge in [-0.1, -0.05) is 30.3 Å². The first kappa shape index (κ1) is 36.4. The molecule has 13 nitrogen and oxygen atoms in total. The number of methoxy groups -OCH3 is 6. The molecule has 5 rings (SSSR count). The predicted molar refractivity (Wildman–Crippen MR) is 192 cm³/mol.